The van der Waals surface area contributed by atoms with Crippen molar-refractivity contribution in [2.24, 2.45) is 0 Å². The summed E-state index contributed by atoms with van der Waals surface area (Å²) in [4.78, 5) is 0. The third-order valence-electron chi connectivity index (χ3n) is 8.21. The van der Waals surface area contributed by atoms with E-state index in [2.05, 4.69) is 144 Å². The first-order valence-corrected chi connectivity index (χ1v) is 14.7. The minimum atomic E-state index is 0.915. The van der Waals surface area contributed by atoms with E-state index < -0.39 is 0 Å². The van der Waals surface area contributed by atoms with Crippen LogP contribution < -0.4 is 0 Å². The second kappa shape index (κ2) is 8.69. The molecule has 0 saturated carbocycles. The monoisotopic (exact) mass is 541 g/mol. The number of hydrogen-bond donors (Lipinski definition) is 0. The molecule has 0 fully saturated rings. The van der Waals surface area contributed by atoms with Gasteiger partial charge in [0.2, 0.25) is 0 Å². The number of rotatable bonds is 3. The summed E-state index contributed by atoms with van der Waals surface area (Å²) in [6.45, 7) is 0. The van der Waals surface area contributed by atoms with Crippen molar-refractivity contribution in [3.05, 3.63) is 140 Å². The molecule has 0 radical (unpaired) electrons. The van der Waals surface area contributed by atoms with E-state index in [9.17, 15) is 0 Å². The molecule has 9 rings (SSSR count). The summed E-state index contributed by atoms with van der Waals surface area (Å²) >= 11 is 1.89. The second-order valence-corrected chi connectivity index (χ2v) is 11.5. The quantitative estimate of drug-likeness (QED) is 0.217. The Labute approximate surface area is 240 Å². The summed E-state index contributed by atoms with van der Waals surface area (Å²) in [5, 5.41) is 4.88. The first kappa shape index (κ1) is 22.7. The number of aromatic nitrogens is 1. The fourth-order valence-electron chi connectivity index (χ4n) is 6.47. The first-order chi connectivity index (χ1) is 20.4. The molecule has 9 aromatic rings. The van der Waals surface area contributed by atoms with Crippen LogP contribution in [0, 0.1) is 0 Å². The zero-order valence-electron chi connectivity index (χ0n) is 22.0. The number of furan rings is 1. The highest BCUT2D eigenvalue weighted by Gasteiger charge is 2.21. The Hall–Kier alpha value is -5.12. The number of thiophene rings is 1. The minimum absolute atomic E-state index is 0.915. The number of fused-ring (bicyclic) bond motifs is 8. The zero-order valence-corrected chi connectivity index (χ0v) is 22.9. The Morgan fingerprint density at radius 2 is 1.15 bits per heavy atom. The fourth-order valence-corrected chi connectivity index (χ4v) is 7.81. The normalized spacial score (nSPS) is 11.9. The summed E-state index contributed by atoms with van der Waals surface area (Å²) in [6, 6.07) is 49.7. The van der Waals surface area contributed by atoms with Crippen LogP contribution in [0.5, 0.6) is 0 Å². The van der Waals surface area contributed by atoms with Gasteiger partial charge >= 0.3 is 0 Å². The first-order valence-electron chi connectivity index (χ1n) is 13.9. The maximum Gasteiger partial charge on any atom is 0.143 e. The van der Waals surface area contributed by atoms with E-state index in [1.54, 1.807) is 0 Å². The molecule has 0 aliphatic carbocycles. The third kappa shape index (κ3) is 3.24. The van der Waals surface area contributed by atoms with Crippen LogP contribution in [-0.2, 0) is 0 Å². The lowest BCUT2D eigenvalue weighted by Crippen LogP contribution is -1.92. The van der Waals surface area contributed by atoms with Crippen molar-refractivity contribution in [1.29, 1.82) is 0 Å². The molecule has 3 aromatic heterocycles. The summed E-state index contributed by atoms with van der Waals surface area (Å²) in [5.74, 6) is 0. The van der Waals surface area contributed by atoms with Crippen molar-refractivity contribution in [3.8, 4) is 27.9 Å². The highest BCUT2D eigenvalue weighted by atomic mass is 32.1. The number of nitrogens with zero attached hydrogens (tertiary/aromatic N) is 1. The van der Waals surface area contributed by atoms with Gasteiger partial charge in [0.1, 0.15) is 11.2 Å². The Morgan fingerprint density at radius 1 is 0.488 bits per heavy atom. The van der Waals surface area contributed by atoms with Gasteiger partial charge in [-0.25, -0.2) is 0 Å². The SMILES string of the molecule is c1ccc(-c2cccc3c2oc2cccc(-c4cccc5c4sc4c6ccccc6n(-c6ccccc6)c54)c23)cc1. The van der Waals surface area contributed by atoms with E-state index in [1.807, 2.05) is 11.3 Å². The molecular weight excluding hydrogens is 518 g/mol. The van der Waals surface area contributed by atoms with Gasteiger partial charge in [-0.1, -0.05) is 115 Å². The van der Waals surface area contributed by atoms with E-state index in [0.29, 0.717) is 0 Å². The summed E-state index contributed by atoms with van der Waals surface area (Å²) in [6.07, 6.45) is 0. The van der Waals surface area contributed by atoms with Crippen LogP contribution >= 0.6 is 11.3 Å². The van der Waals surface area contributed by atoms with Crippen molar-refractivity contribution in [2.45, 2.75) is 0 Å². The predicted octanol–water partition coefficient (Wildman–Crippen LogP) is 11.2. The molecule has 2 nitrogen and oxygen atoms in total. The van der Waals surface area contributed by atoms with Crippen LogP contribution in [-0.4, -0.2) is 4.57 Å². The fraction of sp³-hybridized carbons (Fsp3) is 0. The van der Waals surface area contributed by atoms with Gasteiger partial charge < -0.3 is 8.98 Å². The van der Waals surface area contributed by atoms with Gasteiger partial charge in [-0.05, 0) is 35.4 Å². The van der Waals surface area contributed by atoms with Crippen molar-refractivity contribution in [1.82, 2.24) is 4.57 Å². The molecule has 0 aliphatic heterocycles. The van der Waals surface area contributed by atoms with Gasteiger partial charge in [0.15, 0.2) is 0 Å². The van der Waals surface area contributed by atoms with E-state index in [1.165, 1.54) is 53.4 Å². The van der Waals surface area contributed by atoms with Crippen LogP contribution in [0.4, 0.5) is 0 Å². The number of benzene rings is 6. The maximum atomic E-state index is 6.59. The minimum Gasteiger partial charge on any atom is -0.455 e. The lowest BCUT2D eigenvalue weighted by molar-refractivity contribution is 0.670. The molecule has 6 aromatic carbocycles. The van der Waals surface area contributed by atoms with Crippen molar-refractivity contribution in [3.63, 3.8) is 0 Å². The Balaban J connectivity index is 1.37. The number of hydrogen-bond acceptors (Lipinski definition) is 2. The van der Waals surface area contributed by atoms with Gasteiger partial charge in [0.05, 0.1) is 15.7 Å². The van der Waals surface area contributed by atoms with Crippen molar-refractivity contribution < 1.29 is 4.42 Å². The molecule has 0 aliphatic rings. The molecule has 0 amide bonds. The van der Waals surface area contributed by atoms with Crippen molar-refractivity contribution in [2.75, 3.05) is 0 Å². The average Bonchev–Trinajstić information content (AvgIpc) is 3.71. The molecule has 0 bridgehead atoms. The molecule has 192 valence electrons. The van der Waals surface area contributed by atoms with Crippen LogP contribution in [0.15, 0.2) is 144 Å². The van der Waals surface area contributed by atoms with E-state index in [-0.39, 0.29) is 0 Å². The summed E-state index contributed by atoms with van der Waals surface area (Å²) in [7, 11) is 0. The Morgan fingerprint density at radius 3 is 2.00 bits per heavy atom. The highest BCUT2D eigenvalue weighted by molar-refractivity contribution is 7.27. The number of para-hydroxylation sites is 3. The van der Waals surface area contributed by atoms with Gasteiger partial charge in [-0.15, -0.1) is 11.3 Å². The summed E-state index contributed by atoms with van der Waals surface area (Å²) in [5.41, 5.74) is 10.3. The van der Waals surface area contributed by atoms with Crippen LogP contribution in [0.25, 0.3) is 81.1 Å². The molecule has 0 atom stereocenters. The topological polar surface area (TPSA) is 18.1 Å². The van der Waals surface area contributed by atoms with Gasteiger partial charge in [-0.3, -0.25) is 0 Å². The van der Waals surface area contributed by atoms with E-state index in [4.69, 9.17) is 4.42 Å². The second-order valence-electron chi connectivity index (χ2n) is 10.5. The lowest BCUT2D eigenvalue weighted by atomic mass is 9.96. The van der Waals surface area contributed by atoms with E-state index >= 15 is 0 Å². The van der Waals surface area contributed by atoms with Crippen molar-refractivity contribution >= 4 is 64.5 Å². The van der Waals surface area contributed by atoms with Crippen LogP contribution in [0.1, 0.15) is 0 Å². The molecule has 0 N–H and O–H groups in total. The van der Waals surface area contributed by atoms with Crippen LogP contribution in [0.3, 0.4) is 0 Å². The molecule has 3 heteroatoms. The molecule has 41 heavy (non-hydrogen) atoms. The Bertz CT molecular complexity index is 2410. The van der Waals surface area contributed by atoms with Gasteiger partial charge in [0, 0.05) is 43.1 Å². The predicted molar refractivity (Wildman–Crippen MR) is 174 cm³/mol. The van der Waals surface area contributed by atoms with Gasteiger partial charge in [0.25, 0.3) is 0 Å². The molecule has 0 spiro atoms. The smallest absolute Gasteiger partial charge is 0.143 e. The molecule has 0 unspecified atom stereocenters. The molecule has 0 saturated heterocycles. The zero-order chi connectivity index (χ0) is 26.9. The maximum absolute atomic E-state index is 6.59. The molecular formula is C38H23NOS. The largest absolute Gasteiger partial charge is 0.455 e. The highest BCUT2D eigenvalue weighted by Crippen LogP contribution is 2.48. The Kier molecular flexibility index (Phi) is 4.80. The summed E-state index contributed by atoms with van der Waals surface area (Å²) < 4.78 is 11.6. The van der Waals surface area contributed by atoms with E-state index in [0.717, 1.165) is 27.7 Å². The third-order valence-corrected chi connectivity index (χ3v) is 9.48. The van der Waals surface area contributed by atoms with Crippen LogP contribution in [0.2, 0.25) is 0 Å². The average molecular weight is 542 g/mol. The standard InChI is InChI=1S/C38H23NOS/c1-3-12-24(13-4-1)26-17-9-20-30-34-27(18-11-23-33(34)40-36(26)30)28-19-10-21-31-35-38(41-37(28)31)29-16-7-8-22-32(29)39(35)25-14-5-2-6-15-25/h1-23H. The van der Waals surface area contributed by atoms with Gasteiger partial charge in [-0.2, -0.15) is 0 Å². The lowest BCUT2D eigenvalue weighted by Gasteiger charge is -2.09. The molecule has 3 heterocycles.